The Morgan fingerprint density at radius 3 is 2.61 bits per heavy atom. The van der Waals surface area contributed by atoms with E-state index in [0.29, 0.717) is 23.1 Å². The number of hydrogen-bond acceptors (Lipinski definition) is 4. The first-order valence-electron chi connectivity index (χ1n) is 9.39. The summed E-state index contributed by atoms with van der Waals surface area (Å²) in [6, 6.07) is 15.7. The first-order valence-corrected chi connectivity index (χ1v) is 10.1. The zero-order valence-electron chi connectivity index (χ0n) is 15.9. The zero-order chi connectivity index (χ0) is 19.8. The molecule has 3 rings (SSSR count). The van der Waals surface area contributed by atoms with E-state index < -0.39 is 0 Å². The molecule has 0 bridgehead atoms. The predicted molar refractivity (Wildman–Crippen MR) is 114 cm³/mol. The molecule has 148 valence electrons. The summed E-state index contributed by atoms with van der Waals surface area (Å²) >= 11 is 12.1. The van der Waals surface area contributed by atoms with Crippen LogP contribution in [0, 0.1) is 0 Å². The molecule has 0 saturated heterocycles. The van der Waals surface area contributed by atoms with E-state index >= 15 is 0 Å². The number of ether oxygens (including phenoxy) is 1. The standard InChI is InChI=1S/C21H24Cl2N4O/c1-2-28-12-6-11-24-14-20-21(17-7-4-3-5-8-17)26-27(25-20)15-16-9-10-18(22)19(23)13-16/h3-5,7-10,13,24H,2,6,11-12,14-15H2,1H3. The van der Waals surface area contributed by atoms with Gasteiger partial charge in [0.15, 0.2) is 0 Å². The van der Waals surface area contributed by atoms with Crippen molar-refractivity contribution in [1.82, 2.24) is 20.3 Å². The van der Waals surface area contributed by atoms with Gasteiger partial charge >= 0.3 is 0 Å². The van der Waals surface area contributed by atoms with Gasteiger partial charge in [0.2, 0.25) is 0 Å². The molecule has 0 saturated carbocycles. The van der Waals surface area contributed by atoms with Crippen LogP contribution >= 0.6 is 23.2 Å². The van der Waals surface area contributed by atoms with Crippen LogP contribution < -0.4 is 5.32 Å². The van der Waals surface area contributed by atoms with E-state index in [-0.39, 0.29) is 0 Å². The Bertz CT molecular complexity index is 883. The molecule has 0 unspecified atom stereocenters. The van der Waals surface area contributed by atoms with Crippen molar-refractivity contribution in [3.63, 3.8) is 0 Å². The Balaban J connectivity index is 1.74. The molecule has 5 nitrogen and oxygen atoms in total. The first-order chi connectivity index (χ1) is 13.7. The average Bonchev–Trinajstić information content (AvgIpc) is 3.11. The molecule has 2 aromatic carbocycles. The van der Waals surface area contributed by atoms with Crippen LogP contribution in [-0.4, -0.2) is 34.8 Å². The predicted octanol–water partition coefficient (Wildman–Crippen LogP) is 4.82. The summed E-state index contributed by atoms with van der Waals surface area (Å²) in [6.45, 7) is 5.57. The zero-order valence-corrected chi connectivity index (χ0v) is 17.4. The maximum atomic E-state index is 6.13. The van der Waals surface area contributed by atoms with Crippen LogP contribution in [0.25, 0.3) is 11.3 Å². The normalized spacial score (nSPS) is 11.1. The summed E-state index contributed by atoms with van der Waals surface area (Å²) in [5, 5.41) is 13.9. The van der Waals surface area contributed by atoms with Gasteiger partial charge in [0.1, 0.15) is 11.4 Å². The molecule has 1 N–H and O–H groups in total. The summed E-state index contributed by atoms with van der Waals surface area (Å²) in [5.41, 5.74) is 3.86. The molecule has 0 aliphatic carbocycles. The largest absolute Gasteiger partial charge is 0.382 e. The van der Waals surface area contributed by atoms with Gasteiger partial charge in [-0.2, -0.15) is 15.0 Å². The van der Waals surface area contributed by atoms with Gasteiger partial charge in [0.25, 0.3) is 0 Å². The van der Waals surface area contributed by atoms with Crippen molar-refractivity contribution in [2.75, 3.05) is 19.8 Å². The van der Waals surface area contributed by atoms with Crippen LogP contribution in [0.1, 0.15) is 24.6 Å². The minimum atomic E-state index is 0.529. The number of halogens is 2. The van der Waals surface area contributed by atoms with Crippen molar-refractivity contribution in [3.05, 3.63) is 69.8 Å². The molecule has 28 heavy (non-hydrogen) atoms. The van der Waals surface area contributed by atoms with E-state index in [2.05, 4.69) is 5.32 Å². The molecule has 0 atom stereocenters. The topological polar surface area (TPSA) is 52.0 Å². The third kappa shape index (κ3) is 5.79. The molecule has 0 aliphatic heterocycles. The highest BCUT2D eigenvalue weighted by Crippen LogP contribution is 2.24. The number of hydrogen-bond donors (Lipinski definition) is 1. The second-order valence-corrected chi connectivity index (χ2v) is 7.18. The van der Waals surface area contributed by atoms with Gasteiger partial charge < -0.3 is 10.1 Å². The molecule has 1 heterocycles. The first kappa shape index (κ1) is 20.8. The van der Waals surface area contributed by atoms with Crippen LogP contribution in [0.15, 0.2) is 48.5 Å². The lowest BCUT2D eigenvalue weighted by Gasteiger charge is -2.04. The third-order valence-electron chi connectivity index (χ3n) is 4.22. The molecule has 0 radical (unpaired) electrons. The van der Waals surface area contributed by atoms with Gasteiger partial charge in [0.05, 0.1) is 16.6 Å². The fourth-order valence-electron chi connectivity index (χ4n) is 2.84. The highest BCUT2D eigenvalue weighted by Gasteiger charge is 2.13. The molecule has 7 heteroatoms. The van der Waals surface area contributed by atoms with Crippen LogP contribution in [0.2, 0.25) is 10.0 Å². The lowest BCUT2D eigenvalue weighted by molar-refractivity contribution is 0.144. The van der Waals surface area contributed by atoms with Gasteiger partial charge in [0, 0.05) is 25.3 Å². The fourth-order valence-corrected chi connectivity index (χ4v) is 3.16. The van der Waals surface area contributed by atoms with E-state index in [1.54, 1.807) is 10.9 Å². The Morgan fingerprint density at radius 1 is 1.04 bits per heavy atom. The molecular weight excluding hydrogens is 395 g/mol. The van der Waals surface area contributed by atoms with Crippen molar-refractivity contribution in [1.29, 1.82) is 0 Å². The fraction of sp³-hybridized carbons (Fsp3) is 0.333. The minimum absolute atomic E-state index is 0.529. The van der Waals surface area contributed by atoms with Gasteiger partial charge in [-0.25, -0.2) is 0 Å². The second-order valence-electron chi connectivity index (χ2n) is 6.37. The molecule has 0 aliphatic rings. The smallest absolute Gasteiger partial charge is 0.117 e. The van der Waals surface area contributed by atoms with Crippen molar-refractivity contribution in [2.24, 2.45) is 0 Å². The minimum Gasteiger partial charge on any atom is -0.382 e. The van der Waals surface area contributed by atoms with E-state index in [1.165, 1.54) is 0 Å². The molecule has 1 aromatic heterocycles. The quantitative estimate of drug-likeness (QED) is 0.479. The van der Waals surface area contributed by atoms with Crippen LogP contribution in [0.3, 0.4) is 0 Å². The lowest BCUT2D eigenvalue weighted by Crippen LogP contribution is -2.17. The van der Waals surface area contributed by atoms with Gasteiger partial charge in [-0.15, -0.1) is 0 Å². The van der Waals surface area contributed by atoms with Gasteiger partial charge in [-0.1, -0.05) is 59.6 Å². The monoisotopic (exact) mass is 418 g/mol. The van der Waals surface area contributed by atoms with Gasteiger partial charge in [-0.3, -0.25) is 0 Å². The van der Waals surface area contributed by atoms with Crippen molar-refractivity contribution in [3.8, 4) is 11.3 Å². The SMILES string of the molecule is CCOCCCNCc1nn(Cc2ccc(Cl)c(Cl)c2)nc1-c1ccccc1. The number of benzene rings is 2. The van der Waals surface area contributed by atoms with Crippen LogP contribution in [-0.2, 0) is 17.8 Å². The maximum absolute atomic E-state index is 6.13. The lowest BCUT2D eigenvalue weighted by atomic mass is 10.1. The molecule has 3 aromatic rings. The van der Waals surface area contributed by atoms with Gasteiger partial charge in [-0.05, 0) is 37.6 Å². The highest BCUT2D eigenvalue weighted by atomic mass is 35.5. The summed E-state index contributed by atoms with van der Waals surface area (Å²) in [7, 11) is 0. The molecule has 0 amide bonds. The van der Waals surface area contributed by atoms with E-state index in [4.69, 9.17) is 38.1 Å². The highest BCUT2D eigenvalue weighted by molar-refractivity contribution is 6.42. The molecular formula is C21H24Cl2N4O. The summed E-state index contributed by atoms with van der Waals surface area (Å²) in [6.07, 6.45) is 0.964. The van der Waals surface area contributed by atoms with E-state index in [1.807, 2.05) is 49.4 Å². The van der Waals surface area contributed by atoms with Crippen molar-refractivity contribution in [2.45, 2.75) is 26.4 Å². The summed E-state index contributed by atoms with van der Waals surface area (Å²) < 4.78 is 5.38. The van der Waals surface area contributed by atoms with Crippen molar-refractivity contribution < 1.29 is 4.74 Å². The Kier molecular flexibility index (Phi) is 7.86. The summed E-state index contributed by atoms with van der Waals surface area (Å²) in [5.74, 6) is 0. The number of rotatable bonds is 10. The Labute approximate surface area is 175 Å². The number of nitrogens with one attached hydrogen (secondary N) is 1. The van der Waals surface area contributed by atoms with E-state index in [9.17, 15) is 0 Å². The average molecular weight is 419 g/mol. The molecule has 0 fully saturated rings. The van der Waals surface area contributed by atoms with Crippen LogP contribution in [0.5, 0.6) is 0 Å². The van der Waals surface area contributed by atoms with Crippen molar-refractivity contribution >= 4 is 23.2 Å². The summed E-state index contributed by atoms with van der Waals surface area (Å²) in [4.78, 5) is 1.71. The van der Waals surface area contributed by atoms with E-state index in [0.717, 1.165) is 48.7 Å². The van der Waals surface area contributed by atoms with Crippen LogP contribution in [0.4, 0.5) is 0 Å². The number of aromatic nitrogens is 3. The maximum Gasteiger partial charge on any atom is 0.117 e. The Morgan fingerprint density at radius 2 is 1.86 bits per heavy atom. The molecule has 0 spiro atoms. The second kappa shape index (κ2) is 10.6. The number of nitrogens with zero attached hydrogens (tertiary/aromatic N) is 3. The third-order valence-corrected chi connectivity index (χ3v) is 4.96. The Hall–Kier alpha value is -1.92.